The van der Waals surface area contributed by atoms with Gasteiger partial charge in [0.2, 0.25) is 10.0 Å². The number of methoxy groups -OCH3 is 2. The molecule has 0 saturated carbocycles. The zero-order valence-electron chi connectivity index (χ0n) is 13.7. The normalized spacial score (nSPS) is 12.6. The highest BCUT2D eigenvalue weighted by molar-refractivity contribution is 7.89. The van der Waals surface area contributed by atoms with Crippen molar-refractivity contribution in [3.05, 3.63) is 64.2 Å². The van der Waals surface area contributed by atoms with Crippen molar-refractivity contribution >= 4 is 15.7 Å². The standard InChI is InChI=1S/C16H18N2O6S/c1-23-15-9-4-3-8-14(15)16(24-2)11-17-25(21,22)13-7-5-6-12(10-13)18(19)20/h3-10,16-17H,11H2,1-2H3. The molecule has 9 heteroatoms. The van der Waals surface area contributed by atoms with Crippen LogP contribution >= 0.6 is 0 Å². The molecule has 2 aromatic carbocycles. The Hall–Kier alpha value is -2.49. The number of para-hydroxylation sites is 1. The van der Waals surface area contributed by atoms with Gasteiger partial charge in [0.05, 0.1) is 23.0 Å². The predicted octanol–water partition coefficient (Wildman–Crippen LogP) is 2.27. The fourth-order valence-electron chi connectivity index (χ4n) is 2.29. The number of non-ortho nitro benzene ring substituents is 1. The lowest BCUT2D eigenvalue weighted by Gasteiger charge is -2.19. The lowest BCUT2D eigenvalue weighted by atomic mass is 10.1. The summed E-state index contributed by atoms with van der Waals surface area (Å²) in [6.07, 6.45) is -0.579. The van der Waals surface area contributed by atoms with Gasteiger partial charge in [-0.2, -0.15) is 0 Å². The van der Waals surface area contributed by atoms with Crippen LogP contribution in [0.2, 0.25) is 0 Å². The number of hydrogen-bond acceptors (Lipinski definition) is 6. The molecule has 134 valence electrons. The topological polar surface area (TPSA) is 108 Å². The molecule has 25 heavy (non-hydrogen) atoms. The Morgan fingerprint density at radius 1 is 1.16 bits per heavy atom. The van der Waals surface area contributed by atoms with Crippen molar-refractivity contribution in [1.29, 1.82) is 0 Å². The third-order valence-corrected chi connectivity index (χ3v) is 4.99. The molecule has 0 bridgehead atoms. The first kappa shape index (κ1) is 18.8. The molecule has 0 aliphatic rings. The Kier molecular flexibility index (Phi) is 6.07. The zero-order valence-corrected chi connectivity index (χ0v) is 14.5. The molecule has 0 aromatic heterocycles. The first-order valence-corrected chi connectivity index (χ1v) is 8.77. The number of nitrogens with zero attached hydrogens (tertiary/aromatic N) is 1. The van der Waals surface area contributed by atoms with Crippen LogP contribution in [0.3, 0.4) is 0 Å². The Bertz CT molecular complexity index is 853. The Labute approximate surface area is 145 Å². The Balaban J connectivity index is 2.20. The number of nitro groups is 1. The van der Waals surface area contributed by atoms with Crippen LogP contribution in [0.5, 0.6) is 5.75 Å². The van der Waals surface area contributed by atoms with Crippen LogP contribution in [0.1, 0.15) is 11.7 Å². The molecule has 0 fully saturated rings. The second-order valence-electron chi connectivity index (χ2n) is 5.07. The van der Waals surface area contributed by atoms with Gasteiger partial charge in [-0.1, -0.05) is 24.3 Å². The van der Waals surface area contributed by atoms with Gasteiger partial charge < -0.3 is 9.47 Å². The van der Waals surface area contributed by atoms with E-state index < -0.39 is 21.1 Å². The molecule has 2 rings (SSSR count). The minimum atomic E-state index is -3.92. The van der Waals surface area contributed by atoms with Crippen molar-refractivity contribution in [3.8, 4) is 5.75 Å². The van der Waals surface area contributed by atoms with E-state index in [-0.39, 0.29) is 17.1 Å². The smallest absolute Gasteiger partial charge is 0.270 e. The lowest BCUT2D eigenvalue weighted by Crippen LogP contribution is -2.29. The fraction of sp³-hybridized carbons (Fsp3) is 0.250. The Morgan fingerprint density at radius 3 is 2.52 bits per heavy atom. The maximum absolute atomic E-state index is 12.4. The summed E-state index contributed by atoms with van der Waals surface area (Å²) in [6, 6.07) is 12.0. The van der Waals surface area contributed by atoms with Crippen LogP contribution in [-0.4, -0.2) is 34.1 Å². The minimum Gasteiger partial charge on any atom is -0.496 e. The van der Waals surface area contributed by atoms with Crippen molar-refractivity contribution in [2.45, 2.75) is 11.0 Å². The maximum Gasteiger partial charge on any atom is 0.270 e. The summed E-state index contributed by atoms with van der Waals surface area (Å²) in [5, 5.41) is 10.8. The highest BCUT2D eigenvalue weighted by Crippen LogP contribution is 2.27. The Morgan fingerprint density at radius 2 is 1.88 bits per heavy atom. The van der Waals surface area contributed by atoms with E-state index in [0.717, 1.165) is 6.07 Å². The highest BCUT2D eigenvalue weighted by Gasteiger charge is 2.21. The van der Waals surface area contributed by atoms with Crippen molar-refractivity contribution in [3.63, 3.8) is 0 Å². The molecule has 1 atom stereocenters. The van der Waals surface area contributed by atoms with Gasteiger partial charge in [0.15, 0.2) is 0 Å². The number of hydrogen-bond donors (Lipinski definition) is 1. The molecule has 1 N–H and O–H groups in total. The monoisotopic (exact) mass is 366 g/mol. The summed E-state index contributed by atoms with van der Waals surface area (Å²) in [4.78, 5) is 9.97. The molecule has 1 unspecified atom stereocenters. The second kappa shape index (κ2) is 8.06. The average molecular weight is 366 g/mol. The molecule has 0 heterocycles. The van der Waals surface area contributed by atoms with Gasteiger partial charge in [0, 0.05) is 31.4 Å². The summed E-state index contributed by atoms with van der Waals surface area (Å²) >= 11 is 0. The van der Waals surface area contributed by atoms with E-state index in [1.165, 1.54) is 32.4 Å². The number of rotatable bonds is 8. The van der Waals surface area contributed by atoms with Crippen LogP contribution < -0.4 is 9.46 Å². The maximum atomic E-state index is 12.4. The molecule has 8 nitrogen and oxygen atoms in total. The quantitative estimate of drug-likeness (QED) is 0.567. The van der Waals surface area contributed by atoms with E-state index in [9.17, 15) is 18.5 Å². The summed E-state index contributed by atoms with van der Waals surface area (Å²) in [5.41, 5.74) is 0.394. The molecular weight excluding hydrogens is 348 g/mol. The summed E-state index contributed by atoms with van der Waals surface area (Å²) in [7, 11) is -0.954. The van der Waals surface area contributed by atoms with Crippen molar-refractivity contribution in [2.75, 3.05) is 20.8 Å². The fourth-order valence-corrected chi connectivity index (χ4v) is 3.36. The van der Waals surface area contributed by atoms with Gasteiger partial charge in [-0.25, -0.2) is 13.1 Å². The lowest BCUT2D eigenvalue weighted by molar-refractivity contribution is -0.385. The molecule has 0 radical (unpaired) electrons. The van der Waals surface area contributed by atoms with E-state index >= 15 is 0 Å². The van der Waals surface area contributed by atoms with Crippen molar-refractivity contribution in [2.24, 2.45) is 0 Å². The van der Waals surface area contributed by atoms with Gasteiger partial charge in [0.1, 0.15) is 5.75 Å². The van der Waals surface area contributed by atoms with Crippen molar-refractivity contribution < 1.29 is 22.8 Å². The predicted molar refractivity (Wildman–Crippen MR) is 91.0 cm³/mol. The van der Waals surface area contributed by atoms with Gasteiger partial charge in [-0.3, -0.25) is 10.1 Å². The van der Waals surface area contributed by atoms with Gasteiger partial charge in [0.25, 0.3) is 5.69 Å². The minimum absolute atomic E-state index is 0.0537. The van der Waals surface area contributed by atoms with E-state index in [4.69, 9.17) is 9.47 Å². The number of nitro benzene ring substituents is 1. The van der Waals surface area contributed by atoms with Crippen LogP contribution in [0.15, 0.2) is 53.4 Å². The van der Waals surface area contributed by atoms with E-state index in [1.54, 1.807) is 24.3 Å². The summed E-state index contributed by atoms with van der Waals surface area (Å²) in [6.45, 7) is -0.0537. The zero-order chi connectivity index (χ0) is 18.4. The number of benzene rings is 2. The SMILES string of the molecule is COc1ccccc1C(CNS(=O)(=O)c1cccc([N+](=O)[O-])c1)OC. The van der Waals surface area contributed by atoms with Crippen molar-refractivity contribution in [1.82, 2.24) is 4.72 Å². The first-order chi connectivity index (χ1) is 11.9. The molecule has 0 saturated heterocycles. The molecule has 0 aliphatic carbocycles. The molecule has 0 amide bonds. The third kappa shape index (κ3) is 4.53. The van der Waals surface area contributed by atoms with Gasteiger partial charge >= 0.3 is 0 Å². The third-order valence-electron chi connectivity index (χ3n) is 3.57. The first-order valence-electron chi connectivity index (χ1n) is 7.29. The molecule has 2 aromatic rings. The van der Waals surface area contributed by atoms with Crippen LogP contribution in [0, 0.1) is 10.1 Å². The summed E-state index contributed by atoms with van der Waals surface area (Å²) < 4.78 is 37.8. The molecule has 0 aliphatic heterocycles. The van der Waals surface area contributed by atoms with Crippen LogP contribution in [-0.2, 0) is 14.8 Å². The second-order valence-corrected chi connectivity index (χ2v) is 6.84. The highest BCUT2D eigenvalue weighted by atomic mass is 32.2. The number of ether oxygens (including phenoxy) is 2. The molecular formula is C16H18N2O6S. The van der Waals surface area contributed by atoms with Gasteiger partial charge in [-0.15, -0.1) is 0 Å². The van der Waals surface area contributed by atoms with Crippen LogP contribution in [0.4, 0.5) is 5.69 Å². The summed E-state index contributed by atoms with van der Waals surface area (Å²) in [5.74, 6) is 0.573. The number of sulfonamides is 1. The molecule has 0 spiro atoms. The van der Waals surface area contributed by atoms with E-state index in [2.05, 4.69) is 4.72 Å². The van der Waals surface area contributed by atoms with E-state index in [0.29, 0.717) is 11.3 Å². The number of nitrogens with one attached hydrogen (secondary N) is 1. The van der Waals surface area contributed by atoms with Gasteiger partial charge in [-0.05, 0) is 12.1 Å². The average Bonchev–Trinajstić information content (AvgIpc) is 2.62. The largest absolute Gasteiger partial charge is 0.496 e. The van der Waals surface area contributed by atoms with E-state index in [1.807, 2.05) is 0 Å². The van der Waals surface area contributed by atoms with Crippen LogP contribution in [0.25, 0.3) is 0 Å².